The molecule has 0 aliphatic heterocycles. The summed E-state index contributed by atoms with van der Waals surface area (Å²) < 4.78 is 5.12. The van der Waals surface area contributed by atoms with E-state index < -0.39 is 4.92 Å². The smallest absolute Gasteiger partial charge is 0.292 e. The molecule has 25 heavy (non-hydrogen) atoms. The van der Waals surface area contributed by atoms with Gasteiger partial charge in [-0.15, -0.1) is 0 Å². The van der Waals surface area contributed by atoms with Gasteiger partial charge in [0.25, 0.3) is 5.69 Å². The molecule has 0 bridgehead atoms. The minimum atomic E-state index is -0.474. The molecule has 8 nitrogen and oxygen atoms in total. The Kier molecular flexibility index (Phi) is 6.31. The van der Waals surface area contributed by atoms with E-state index in [1.165, 1.54) is 6.07 Å². The lowest BCUT2D eigenvalue weighted by Gasteiger charge is -2.08. The molecule has 2 N–H and O–H groups in total. The molecule has 0 spiro atoms. The van der Waals surface area contributed by atoms with Gasteiger partial charge >= 0.3 is 0 Å². The Morgan fingerprint density at radius 2 is 1.92 bits per heavy atom. The molecule has 0 aromatic heterocycles. The normalized spacial score (nSPS) is 9.72. The highest BCUT2D eigenvalue weighted by molar-refractivity contribution is 5.91. The molecule has 128 valence electrons. The SMILES string of the molecule is N#CCOc1ccc(NC(=O)CCNc2ccccc2[N+](=O)[O-])cc1. The van der Waals surface area contributed by atoms with Gasteiger partial charge in [-0.25, -0.2) is 0 Å². The first-order valence-electron chi connectivity index (χ1n) is 7.47. The summed E-state index contributed by atoms with van der Waals surface area (Å²) in [6.45, 7) is 0.225. The third kappa shape index (κ3) is 5.51. The number of carbonyl (C=O) groups is 1. The monoisotopic (exact) mass is 340 g/mol. The van der Waals surface area contributed by atoms with Crippen LogP contribution in [0, 0.1) is 21.4 Å². The summed E-state index contributed by atoms with van der Waals surface area (Å²) in [5.41, 5.74) is 0.940. The third-order valence-electron chi connectivity index (χ3n) is 3.21. The highest BCUT2D eigenvalue weighted by atomic mass is 16.6. The molecule has 0 unspecified atom stereocenters. The van der Waals surface area contributed by atoms with Crippen LogP contribution in [0.1, 0.15) is 6.42 Å². The Balaban J connectivity index is 1.81. The number of nitrogens with zero attached hydrogens (tertiary/aromatic N) is 2. The van der Waals surface area contributed by atoms with Crippen molar-refractivity contribution in [2.75, 3.05) is 23.8 Å². The van der Waals surface area contributed by atoms with Crippen LogP contribution in [0.15, 0.2) is 48.5 Å². The number of hydrogen-bond donors (Lipinski definition) is 2. The molecule has 0 atom stereocenters. The van der Waals surface area contributed by atoms with E-state index in [2.05, 4.69) is 10.6 Å². The van der Waals surface area contributed by atoms with Gasteiger partial charge in [0.15, 0.2) is 6.61 Å². The summed E-state index contributed by atoms with van der Waals surface area (Å²) in [4.78, 5) is 22.4. The van der Waals surface area contributed by atoms with E-state index in [4.69, 9.17) is 10.00 Å². The number of amides is 1. The van der Waals surface area contributed by atoms with E-state index in [1.54, 1.807) is 42.5 Å². The average Bonchev–Trinajstić information content (AvgIpc) is 2.61. The quantitative estimate of drug-likeness (QED) is 0.563. The highest BCUT2D eigenvalue weighted by Crippen LogP contribution is 2.23. The molecule has 0 saturated carbocycles. The molecule has 0 aliphatic carbocycles. The maximum absolute atomic E-state index is 11.9. The second-order valence-electron chi connectivity index (χ2n) is 4.97. The summed E-state index contributed by atoms with van der Waals surface area (Å²) in [6.07, 6.45) is 0.152. The van der Waals surface area contributed by atoms with Crippen molar-refractivity contribution in [3.8, 4) is 11.8 Å². The summed E-state index contributed by atoms with van der Waals surface area (Å²) in [5, 5.41) is 25.0. The molecule has 2 aromatic carbocycles. The number of rotatable bonds is 8. The fourth-order valence-electron chi connectivity index (χ4n) is 2.07. The van der Waals surface area contributed by atoms with Crippen molar-refractivity contribution in [1.29, 1.82) is 5.26 Å². The van der Waals surface area contributed by atoms with E-state index in [1.807, 2.05) is 6.07 Å². The number of para-hydroxylation sites is 2. The lowest BCUT2D eigenvalue weighted by Crippen LogP contribution is -2.16. The van der Waals surface area contributed by atoms with Crippen LogP contribution in [0.2, 0.25) is 0 Å². The zero-order valence-corrected chi connectivity index (χ0v) is 13.3. The van der Waals surface area contributed by atoms with Crippen LogP contribution in [-0.2, 0) is 4.79 Å². The lowest BCUT2D eigenvalue weighted by molar-refractivity contribution is -0.384. The van der Waals surface area contributed by atoms with E-state index >= 15 is 0 Å². The number of anilines is 2. The predicted molar refractivity (Wildman–Crippen MR) is 92.4 cm³/mol. The molecule has 0 aliphatic rings. The van der Waals surface area contributed by atoms with Crippen molar-refractivity contribution >= 4 is 23.0 Å². The number of nitriles is 1. The van der Waals surface area contributed by atoms with Crippen LogP contribution >= 0.6 is 0 Å². The standard InChI is InChI=1S/C17H16N4O4/c18-10-12-25-14-7-5-13(6-8-14)20-17(22)9-11-19-15-3-1-2-4-16(15)21(23)24/h1-8,19H,9,11-12H2,(H,20,22). The fraction of sp³-hybridized carbons (Fsp3) is 0.176. The molecule has 8 heteroatoms. The number of hydrogen-bond acceptors (Lipinski definition) is 6. The average molecular weight is 340 g/mol. The summed E-state index contributed by atoms with van der Waals surface area (Å²) >= 11 is 0. The number of benzene rings is 2. The zero-order chi connectivity index (χ0) is 18.1. The third-order valence-corrected chi connectivity index (χ3v) is 3.21. The second-order valence-corrected chi connectivity index (χ2v) is 4.97. The topological polar surface area (TPSA) is 117 Å². The van der Waals surface area contributed by atoms with Gasteiger partial charge in [0.2, 0.25) is 5.91 Å². The molecular formula is C17H16N4O4. The van der Waals surface area contributed by atoms with Gasteiger partial charge in [-0.3, -0.25) is 14.9 Å². The highest BCUT2D eigenvalue weighted by Gasteiger charge is 2.12. The Bertz CT molecular complexity index is 784. The van der Waals surface area contributed by atoms with Crippen molar-refractivity contribution in [1.82, 2.24) is 0 Å². The maximum atomic E-state index is 11.9. The van der Waals surface area contributed by atoms with Crippen LogP contribution < -0.4 is 15.4 Å². The minimum absolute atomic E-state index is 0.0316. The van der Waals surface area contributed by atoms with E-state index in [0.717, 1.165) is 0 Å². The molecule has 0 saturated heterocycles. The van der Waals surface area contributed by atoms with Crippen LogP contribution in [0.3, 0.4) is 0 Å². The summed E-state index contributed by atoms with van der Waals surface area (Å²) in [5.74, 6) is 0.314. The van der Waals surface area contributed by atoms with Crippen LogP contribution in [0.5, 0.6) is 5.75 Å². The molecule has 1 amide bonds. The number of nitro groups is 1. The summed E-state index contributed by atoms with van der Waals surface area (Å²) in [6, 6.07) is 14.8. The van der Waals surface area contributed by atoms with Gasteiger partial charge in [-0.1, -0.05) is 12.1 Å². The van der Waals surface area contributed by atoms with Crippen molar-refractivity contribution < 1.29 is 14.5 Å². The van der Waals surface area contributed by atoms with E-state index in [-0.39, 0.29) is 31.2 Å². The largest absolute Gasteiger partial charge is 0.479 e. The molecule has 0 heterocycles. The number of nitro benzene ring substituents is 1. The molecule has 0 fully saturated rings. The van der Waals surface area contributed by atoms with Gasteiger partial charge in [0, 0.05) is 24.7 Å². The number of ether oxygens (including phenoxy) is 1. The van der Waals surface area contributed by atoms with Crippen molar-refractivity contribution in [2.45, 2.75) is 6.42 Å². The molecule has 2 rings (SSSR count). The first-order valence-corrected chi connectivity index (χ1v) is 7.47. The Hall–Kier alpha value is -3.60. The maximum Gasteiger partial charge on any atom is 0.292 e. The Labute approximate surface area is 144 Å². The first-order chi connectivity index (χ1) is 12.1. The fourth-order valence-corrected chi connectivity index (χ4v) is 2.07. The predicted octanol–water partition coefficient (Wildman–Crippen LogP) is 2.94. The first kappa shape index (κ1) is 17.7. The van der Waals surface area contributed by atoms with E-state index in [0.29, 0.717) is 17.1 Å². The van der Waals surface area contributed by atoms with E-state index in [9.17, 15) is 14.9 Å². The van der Waals surface area contributed by atoms with Gasteiger partial charge in [0.1, 0.15) is 17.5 Å². The molecular weight excluding hydrogens is 324 g/mol. The lowest BCUT2D eigenvalue weighted by atomic mass is 10.2. The summed E-state index contributed by atoms with van der Waals surface area (Å²) in [7, 11) is 0. The Morgan fingerprint density at radius 3 is 2.60 bits per heavy atom. The van der Waals surface area contributed by atoms with Gasteiger partial charge < -0.3 is 15.4 Å². The van der Waals surface area contributed by atoms with Crippen LogP contribution in [0.4, 0.5) is 17.1 Å². The van der Waals surface area contributed by atoms with Crippen molar-refractivity contribution in [3.05, 3.63) is 58.6 Å². The molecule has 2 aromatic rings. The van der Waals surface area contributed by atoms with Gasteiger partial charge in [0.05, 0.1) is 4.92 Å². The van der Waals surface area contributed by atoms with Crippen LogP contribution in [0.25, 0.3) is 0 Å². The number of nitrogens with one attached hydrogen (secondary N) is 2. The number of carbonyl (C=O) groups excluding carboxylic acids is 1. The second kappa shape index (κ2) is 8.88. The Morgan fingerprint density at radius 1 is 1.20 bits per heavy atom. The zero-order valence-electron chi connectivity index (χ0n) is 13.3. The minimum Gasteiger partial charge on any atom is -0.479 e. The molecule has 0 radical (unpaired) electrons. The van der Waals surface area contributed by atoms with Crippen molar-refractivity contribution in [2.24, 2.45) is 0 Å². The van der Waals surface area contributed by atoms with Gasteiger partial charge in [-0.05, 0) is 30.3 Å². The van der Waals surface area contributed by atoms with Gasteiger partial charge in [-0.2, -0.15) is 5.26 Å². The van der Waals surface area contributed by atoms with Crippen LogP contribution in [-0.4, -0.2) is 24.0 Å². The van der Waals surface area contributed by atoms with Crippen molar-refractivity contribution in [3.63, 3.8) is 0 Å².